The molecule has 3 aromatic rings. The minimum atomic E-state index is -3.98. The van der Waals surface area contributed by atoms with Crippen LogP contribution in [0.25, 0.3) is 10.8 Å². The summed E-state index contributed by atoms with van der Waals surface area (Å²) in [7, 11) is -1.02. The summed E-state index contributed by atoms with van der Waals surface area (Å²) in [4.78, 5) is 28.4. The van der Waals surface area contributed by atoms with Crippen LogP contribution in [0.1, 0.15) is 18.1 Å². The molecule has 3 aromatic carbocycles. The predicted octanol–water partition coefficient (Wildman–Crippen LogP) is 2.06. The van der Waals surface area contributed by atoms with E-state index in [-0.39, 0.29) is 19.0 Å². The maximum absolute atomic E-state index is 14.0. The molecule has 0 fully saturated rings. The zero-order chi connectivity index (χ0) is 26.0. The highest BCUT2D eigenvalue weighted by Crippen LogP contribution is 2.36. The Morgan fingerprint density at radius 3 is 2.39 bits per heavy atom. The van der Waals surface area contributed by atoms with E-state index in [9.17, 15) is 18.0 Å². The van der Waals surface area contributed by atoms with Crippen LogP contribution in [-0.2, 0) is 26.3 Å². The van der Waals surface area contributed by atoms with E-state index < -0.39 is 28.2 Å². The number of benzene rings is 3. The van der Waals surface area contributed by atoms with E-state index >= 15 is 0 Å². The Morgan fingerprint density at radius 1 is 1.03 bits per heavy atom. The van der Waals surface area contributed by atoms with Gasteiger partial charge in [0, 0.05) is 7.05 Å². The summed E-state index contributed by atoms with van der Waals surface area (Å²) in [5.41, 5.74) is 2.77. The van der Waals surface area contributed by atoms with Crippen molar-refractivity contribution in [3.05, 3.63) is 71.8 Å². The van der Waals surface area contributed by atoms with E-state index in [0.29, 0.717) is 11.4 Å². The third-order valence-corrected chi connectivity index (χ3v) is 8.08. The largest absolute Gasteiger partial charge is 0.341 e. The van der Waals surface area contributed by atoms with Crippen molar-refractivity contribution in [3.8, 4) is 0 Å². The first kappa shape index (κ1) is 25.6. The van der Waals surface area contributed by atoms with Crippen molar-refractivity contribution < 1.29 is 18.0 Å². The molecular formula is C26H31N5O4S. The minimum Gasteiger partial charge on any atom is -0.341 e. The molecule has 1 heterocycles. The van der Waals surface area contributed by atoms with E-state index in [1.165, 1.54) is 7.05 Å². The van der Waals surface area contributed by atoms with Crippen molar-refractivity contribution in [3.63, 3.8) is 0 Å². The second-order valence-corrected chi connectivity index (χ2v) is 10.6. The Balaban J connectivity index is 1.87. The molecule has 0 unspecified atom stereocenters. The molecule has 2 amide bonds. The van der Waals surface area contributed by atoms with E-state index in [2.05, 4.69) is 15.4 Å². The van der Waals surface area contributed by atoms with Crippen molar-refractivity contribution in [2.24, 2.45) is 0 Å². The number of rotatable bonds is 7. The first-order valence-electron chi connectivity index (χ1n) is 11.7. The van der Waals surface area contributed by atoms with Crippen LogP contribution in [-0.4, -0.2) is 53.0 Å². The average molecular weight is 510 g/mol. The van der Waals surface area contributed by atoms with Gasteiger partial charge in [0.25, 0.3) is 5.91 Å². The molecule has 0 aromatic heterocycles. The molecule has 1 aliphatic rings. The van der Waals surface area contributed by atoms with Gasteiger partial charge in [-0.15, -0.1) is 0 Å². The van der Waals surface area contributed by atoms with Crippen molar-refractivity contribution >= 4 is 44.2 Å². The summed E-state index contributed by atoms with van der Waals surface area (Å²) in [5, 5.41) is 7.67. The summed E-state index contributed by atoms with van der Waals surface area (Å²) >= 11 is 0. The smallest absolute Gasteiger partial charge is 0.301 e. The fourth-order valence-corrected chi connectivity index (χ4v) is 5.38. The van der Waals surface area contributed by atoms with Gasteiger partial charge in [-0.2, -0.15) is 8.42 Å². The monoisotopic (exact) mass is 509 g/mol. The molecule has 1 aliphatic heterocycles. The van der Waals surface area contributed by atoms with Gasteiger partial charge in [-0.05, 0) is 54.9 Å². The number of anilines is 2. The van der Waals surface area contributed by atoms with Gasteiger partial charge in [0.15, 0.2) is 0 Å². The lowest BCUT2D eigenvalue weighted by molar-refractivity contribution is -0.128. The topological polar surface area (TPSA) is 111 Å². The standard InChI is InChI=1S/C26H31N5O4S/c1-17-13-14-19-9-5-6-10-20(19)21(17)15-30-23-11-7-8-12-24(23)31(36(34,35)28-4)16-22(26(30)33)29-25(32)18(2)27-3/h5-14,18,22,27-28H,15-16H2,1-4H3,(H,29,32)/t18-,22-/m0/s1. The van der Waals surface area contributed by atoms with Crippen molar-refractivity contribution in [1.82, 2.24) is 15.4 Å². The van der Waals surface area contributed by atoms with Crippen LogP contribution in [0.5, 0.6) is 0 Å². The summed E-state index contributed by atoms with van der Waals surface area (Å²) in [6, 6.07) is 17.2. The zero-order valence-corrected chi connectivity index (χ0v) is 21.6. The molecule has 9 nitrogen and oxygen atoms in total. The number of carbonyl (C=O) groups is 2. The molecule has 0 aliphatic carbocycles. The van der Waals surface area contributed by atoms with Gasteiger partial charge in [-0.25, -0.2) is 4.72 Å². The maximum Gasteiger partial charge on any atom is 0.301 e. The van der Waals surface area contributed by atoms with Gasteiger partial charge >= 0.3 is 10.2 Å². The van der Waals surface area contributed by atoms with E-state index in [1.54, 1.807) is 43.1 Å². The number of nitrogens with zero attached hydrogens (tertiary/aromatic N) is 2. The molecule has 0 radical (unpaired) electrons. The molecule has 2 atom stereocenters. The third-order valence-electron chi connectivity index (χ3n) is 6.64. The van der Waals surface area contributed by atoms with Gasteiger partial charge < -0.3 is 15.5 Å². The van der Waals surface area contributed by atoms with Crippen LogP contribution in [0.2, 0.25) is 0 Å². The normalized spacial score (nSPS) is 17.0. The first-order chi connectivity index (χ1) is 17.2. The molecule has 0 bridgehead atoms. The van der Waals surface area contributed by atoms with Crippen LogP contribution in [0.15, 0.2) is 60.7 Å². The Morgan fingerprint density at radius 2 is 1.69 bits per heavy atom. The molecule has 0 saturated carbocycles. The second kappa shape index (κ2) is 10.3. The minimum absolute atomic E-state index is 0.213. The highest BCUT2D eigenvalue weighted by atomic mass is 32.2. The van der Waals surface area contributed by atoms with Crippen LogP contribution < -0.4 is 24.6 Å². The quantitative estimate of drug-likeness (QED) is 0.452. The van der Waals surface area contributed by atoms with Crippen molar-refractivity contribution in [2.45, 2.75) is 32.5 Å². The number of likely N-dealkylation sites (N-methyl/N-ethyl adjacent to an activating group) is 1. The maximum atomic E-state index is 14.0. The molecule has 4 rings (SSSR count). The number of carbonyl (C=O) groups excluding carboxylic acids is 2. The highest BCUT2D eigenvalue weighted by molar-refractivity contribution is 7.90. The van der Waals surface area contributed by atoms with Gasteiger partial charge in [0.2, 0.25) is 5.91 Å². The molecule has 0 spiro atoms. The zero-order valence-electron chi connectivity index (χ0n) is 20.8. The Bertz CT molecular complexity index is 1410. The molecule has 3 N–H and O–H groups in total. The number of hydrogen-bond donors (Lipinski definition) is 3. The summed E-state index contributed by atoms with van der Waals surface area (Å²) < 4.78 is 29.6. The third kappa shape index (κ3) is 4.79. The van der Waals surface area contributed by atoms with E-state index in [4.69, 9.17) is 0 Å². The summed E-state index contributed by atoms with van der Waals surface area (Å²) in [6.45, 7) is 3.63. The summed E-state index contributed by atoms with van der Waals surface area (Å²) in [5.74, 6) is -0.787. The van der Waals surface area contributed by atoms with Crippen LogP contribution in [0, 0.1) is 6.92 Å². The Kier molecular flexibility index (Phi) is 7.30. The lowest BCUT2D eigenvalue weighted by Gasteiger charge is -2.27. The number of para-hydroxylation sites is 2. The fourth-order valence-electron chi connectivity index (χ4n) is 4.40. The van der Waals surface area contributed by atoms with Gasteiger partial charge in [0.05, 0.1) is 30.5 Å². The lowest BCUT2D eigenvalue weighted by Crippen LogP contribution is -2.56. The number of nitrogens with one attached hydrogen (secondary N) is 3. The fraction of sp³-hybridized carbons (Fsp3) is 0.308. The van der Waals surface area contributed by atoms with Crippen molar-refractivity contribution in [2.75, 3.05) is 29.8 Å². The lowest BCUT2D eigenvalue weighted by atomic mass is 9.99. The van der Waals surface area contributed by atoms with Gasteiger partial charge in [-0.1, -0.05) is 48.5 Å². The molecular weight excluding hydrogens is 478 g/mol. The number of aryl methyl sites for hydroxylation is 1. The second-order valence-electron chi connectivity index (χ2n) is 8.81. The molecule has 36 heavy (non-hydrogen) atoms. The van der Waals surface area contributed by atoms with Gasteiger partial charge in [0.1, 0.15) is 6.04 Å². The molecule has 190 valence electrons. The van der Waals surface area contributed by atoms with Gasteiger partial charge in [-0.3, -0.25) is 13.9 Å². The number of amides is 2. The van der Waals surface area contributed by atoms with Crippen molar-refractivity contribution in [1.29, 1.82) is 0 Å². The predicted molar refractivity (Wildman–Crippen MR) is 142 cm³/mol. The highest BCUT2D eigenvalue weighted by Gasteiger charge is 2.39. The van der Waals surface area contributed by atoms with Crippen LogP contribution in [0.4, 0.5) is 11.4 Å². The SMILES string of the molecule is CN[C@@H](C)C(=O)N[C@H]1CN(S(=O)(=O)NC)c2ccccc2N(Cc2c(C)ccc3ccccc23)C1=O. The number of fused-ring (bicyclic) bond motifs is 2. The first-order valence-corrected chi connectivity index (χ1v) is 13.2. The Labute approximate surface area is 211 Å². The van der Waals surface area contributed by atoms with E-state index in [1.807, 2.05) is 43.3 Å². The van der Waals surface area contributed by atoms with Crippen LogP contribution >= 0.6 is 0 Å². The molecule has 10 heteroatoms. The number of hydrogen-bond acceptors (Lipinski definition) is 5. The van der Waals surface area contributed by atoms with Crippen LogP contribution in [0.3, 0.4) is 0 Å². The average Bonchev–Trinajstić information content (AvgIpc) is 3.00. The summed E-state index contributed by atoms with van der Waals surface area (Å²) in [6.07, 6.45) is 0. The van der Waals surface area contributed by atoms with E-state index in [0.717, 1.165) is 26.2 Å². The molecule has 0 saturated heterocycles. The Hall–Kier alpha value is -3.47.